The molecule has 0 saturated heterocycles. The molecule has 5 rings (SSSR count). The Balaban J connectivity index is 1.32. The monoisotopic (exact) mass is 425 g/mol. The number of nitrogens with zero attached hydrogens (tertiary/aromatic N) is 4. The molecule has 2 aromatic heterocycles. The number of anilines is 2. The number of carbonyl (C=O) groups is 1. The molecule has 1 amide bonds. The average Bonchev–Trinajstić information content (AvgIpc) is 3.41. The largest absolute Gasteiger partial charge is 0.326 e. The van der Waals surface area contributed by atoms with Crippen molar-refractivity contribution in [3.05, 3.63) is 60.2 Å². The van der Waals surface area contributed by atoms with E-state index in [1.165, 1.54) is 22.7 Å². The third-order valence-electron chi connectivity index (χ3n) is 4.85. The SMILES string of the molecule is Cc1cc(NC2=CN(Sc3ccc(NC(=O)C4CC4)cc3)Cc3ncc(F)n32)n[nH]1. The smallest absolute Gasteiger partial charge is 0.227 e. The molecule has 0 radical (unpaired) electrons. The highest BCUT2D eigenvalue weighted by molar-refractivity contribution is 7.97. The van der Waals surface area contributed by atoms with Crippen LogP contribution >= 0.6 is 11.9 Å². The van der Waals surface area contributed by atoms with Gasteiger partial charge in [-0.1, -0.05) is 0 Å². The van der Waals surface area contributed by atoms with Crippen LogP contribution in [-0.4, -0.2) is 30.0 Å². The van der Waals surface area contributed by atoms with Crippen molar-refractivity contribution in [1.82, 2.24) is 24.1 Å². The number of benzene rings is 1. The number of carbonyl (C=O) groups excluding carboxylic acids is 1. The van der Waals surface area contributed by atoms with Crippen LogP contribution in [0.3, 0.4) is 0 Å². The van der Waals surface area contributed by atoms with Gasteiger partial charge in [-0.3, -0.25) is 14.5 Å². The lowest BCUT2D eigenvalue weighted by molar-refractivity contribution is -0.117. The number of aromatic nitrogens is 4. The van der Waals surface area contributed by atoms with Crippen molar-refractivity contribution in [3.63, 3.8) is 0 Å². The van der Waals surface area contributed by atoms with Crippen molar-refractivity contribution in [2.45, 2.75) is 31.2 Å². The Morgan fingerprint density at radius 2 is 2.10 bits per heavy atom. The Morgan fingerprint density at radius 3 is 2.80 bits per heavy atom. The minimum Gasteiger partial charge on any atom is -0.326 e. The Morgan fingerprint density at radius 1 is 1.30 bits per heavy atom. The molecule has 0 atom stereocenters. The standard InChI is InChI=1S/C20H20FN7OS/c1-12-8-17(26-25-12)24-19-11-27(10-18-22-9-16(21)28(18)19)30-15-6-4-14(5-7-15)23-20(29)13-2-3-13/h4-9,11,13H,2-3,10H2,1H3,(H,23,29)(H2,24,25,26). The van der Waals surface area contributed by atoms with Crippen LogP contribution in [0.5, 0.6) is 0 Å². The van der Waals surface area contributed by atoms with Crippen LogP contribution in [0.15, 0.2) is 47.6 Å². The van der Waals surface area contributed by atoms with Crippen molar-refractivity contribution in [1.29, 1.82) is 0 Å². The van der Waals surface area contributed by atoms with Gasteiger partial charge in [0.1, 0.15) is 11.6 Å². The molecule has 3 aromatic rings. The van der Waals surface area contributed by atoms with Crippen molar-refractivity contribution >= 4 is 35.2 Å². The normalized spacial score (nSPS) is 15.5. The van der Waals surface area contributed by atoms with E-state index in [1.54, 1.807) is 0 Å². The van der Waals surface area contributed by atoms with Crippen LogP contribution in [0.2, 0.25) is 0 Å². The predicted octanol–water partition coefficient (Wildman–Crippen LogP) is 3.79. The molecule has 1 saturated carbocycles. The summed E-state index contributed by atoms with van der Waals surface area (Å²) in [6.45, 7) is 2.34. The number of H-pyrrole nitrogens is 1. The van der Waals surface area contributed by atoms with E-state index in [0.29, 0.717) is 24.0 Å². The van der Waals surface area contributed by atoms with Gasteiger partial charge in [0.05, 0.1) is 18.9 Å². The summed E-state index contributed by atoms with van der Waals surface area (Å²) >= 11 is 1.50. The maximum absolute atomic E-state index is 14.3. The van der Waals surface area contributed by atoms with Gasteiger partial charge in [-0.15, -0.1) is 0 Å². The summed E-state index contributed by atoms with van der Waals surface area (Å²) in [6.07, 6.45) is 5.00. The van der Waals surface area contributed by atoms with Gasteiger partial charge >= 0.3 is 0 Å². The Kier molecular flexibility index (Phi) is 4.70. The number of halogens is 1. The summed E-state index contributed by atoms with van der Waals surface area (Å²) in [7, 11) is 0. The van der Waals surface area contributed by atoms with Crippen LogP contribution in [0.4, 0.5) is 15.9 Å². The number of aryl methyl sites for hydroxylation is 1. The van der Waals surface area contributed by atoms with Crippen LogP contribution < -0.4 is 10.6 Å². The Bertz CT molecular complexity index is 1120. The number of imidazole rings is 1. The molecule has 0 bridgehead atoms. The molecule has 154 valence electrons. The van der Waals surface area contributed by atoms with Gasteiger partial charge in [0, 0.05) is 28.3 Å². The fourth-order valence-corrected chi connectivity index (χ4v) is 4.06. The van der Waals surface area contributed by atoms with Crippen LogP contribution in [0.25, 0.3) is 5.82 Å². The second-order valence-electron chi connectivity index (χ2n) is 7.36. The van der Waals surface area contributed by atoms with E-state index in [4.69, 9.17) is 0 Å². The highest BCUT2D eigenvalue weighted by Gasteiger charge is 2.29. The topological polar surface area (TPSA) is 90.9 Å². The van der Waals surface area contributed by atoms with Crippen LogP contribution in [0, 0.1) is 18.8 Å². The van der Waals surface area contributed by atoms with Crippen molar-refractivity contribution in [3.8, 4) is 0 Å². The van der Waals surface area contributed by atoms with Gasteiger partial charge in [0.2, 0.25) is 11.9 Å². The molecular formula is C20H20FN7OS. The second-order valence-corrected chi connectivity index (χ2v) is 8.49. The van der Waals surface area contributed by atoms with Gasteiger partial charge in [0.25, 0.3) is 0 Å². The number of rotatable bonds is 6. The number of amides is 1. The molecule has 1 aliphatic heterocycles. The van der Waals surface area contributed by atoms with E-state index in [1.807, 2.05) is 47.8 Å². The summed E-state index contributed by atoms with van der Waals surface area (Å²) in [5, 5.41) is 13.1. The first-order valence-corrected chi connectivity index (χ1v) is 10.4. The van der Waals surface area contributed by atoms with Gasteiger partial charge in [-0.05, 0) is 56.0 Å². The van der Waals surface area contributed by atoms with Gasteiger partial charge in [0.15, 0.2) is 5.82 Å². The van der Waals surface area contributed by atoms with E-state index in [0.717, 1.165) is 29.1 Å². The quantitative estimate of drug-likeness (QED) is 0.521. The van der Waals surface area contributed by atoms with E-state index in [9.17, 15) is 9.18 Å². The molecule has 2 aliphatic rings. The van der Waals surface area contributed by atoms with Crippen molar-refractivity contribution < 1.29 is 9.18 Å². The fraction of sp³-hybridized carbons (Fsp3) is 0.250. The first-order valence-electron chi connectivity index (χ1n) is 9.64. The zero-order chi connectivity index (χ0) is 20.7. The first-order chi connectivity index (χ1) is 14.5. The lowest BCUT2D eigenvalue weighted by atomic mass is 10.3. The first kappa shape index (κ1) is 18.7. The van der Waals surface area contributed by atoms with E-state index in [2.05, 4.69) is 25.8 Å². The summed E-state index contributed by atoms with van der Waals surface area (Å²) in [5.74, 6) is 1.54. The molecule has 1 aromatic carbocycles. The zero-order valence-corrected chi connectivity index (χ0v) is 17.0. The Hall–Kier alpha value is -3.27. The van der Waals surface area contributed by atoms with Crippen molar-refractivity contribution in [2.75, 3.05) is 10.6 Å². The molecule has 0 spiro atoms. The zero-order valence-electron chi connectivity index (χ0n) is 16.2. The average molecular weight is 425 g/mol. The number of hydrogen-bond donors (Lipinski definition) is 3. The molecular weight excluding hydrogens is 405 g/mol. The lowest BCUT2D eigenvalue weighted by Crippen LogP contribution is -2.24. The van der Waals surface area contributed by atoms with Gasteiger partial charge in [-0.2, -0.15) is 9.49 Å². The van der Waals surface area contributed by atoms with E-state index in [-0.39, 0.29) is 11.8 Å². The predicted molar refractivity (Wildman–Crippen MR) is 113 cm³/mol. The highest BCUT2D eigenvalue weighted by atomic mass is 32.2. The summed E-state index contributed by atoms with van der Waals surface area (Å²) in [4.78, 5) is 17.1. The number of nitrogens with one attached hydrogen (secondary N) is 3. The minimum atomic E-state index is -0.434. The fourth-order valence-electron chi connectivity index (χ4n) is 3.20. The van der Waals surface area contributed by atoms with Crippen molar-refractivity contribution in [2.24, 2.45) is 5.92 Å². The summed E-state index contributed by atoms with van der Waals surface area (Å²) in [5.41, 5.74) is 1.69. The molecule has 3 N–H and O–H groups in total. The molecule has 10 heteroatoms. The maximum atomic E-state index is 14.3. The van der Waals surface area contributed by atoms with Gasteiger partial charge in [-0.25, -0.2) is 4.98 Å². The molecule has 3 heterocycles. The van der Waals surface area contributed by atoms with Gasteiger partial charge < -0.3 is 14.9 Å². The third-order valence-corrected chi connectivity index (χ3v) is 5.80. The molecule has 0 unspecified atom stereocenters. The van der Waals surface area contributed by atoms with E-state index >= 15 is 0 Å². The van der Waals surface area contributed by atoms with Crippen LogP contribution in [0.1, 0.15) is 24.4 Å². The third kappa shape index (κ3) is 3.90. The molecule has 30 heavy (non-hydrogen) atoms. The summed E-state index contributed by atoms with van der Waals surface area (Å²) < 4.78 is 17.7. The molecule has 8 nitrogen and oxygen atoms in total. The molecule has 1 aliphatic carbocycles. The minimum absolute atomic E-state index is 0.0903. The van der Waals surface area contributed by atoms with Crippen LogP contribution in [-0.2, 0) is 11.3 Å². The summed E-state index contributed by atoms with van der Waals surface area (Å²) in [6, 6.07) is 9.53. The number of fused-ring (bicyclic) bond motifs is 1. The molecule has 1 fully saturated rings. The number of aromatic amines is 1. The highest BCUT2D eigenvalue weighted by Crippen LogP contribution is 2.33. The van der Waals surface area contributed by atoms with E-state index < -0.39 is 5.95 Å². The second kappa shape index (κ2) is 7.52. The maximum Gasteiger partial charge on any atom is 0.227 e. The lowest BCUT2D eigenvalue weighted by Gasteiger charge is -2.26. The number of hydrogen-bond acceptors (Lipinski definition) is 6. The Labute approximate surface area is 176 Å².